The Morgan fingerprint density at radius 2 is 1.89 bits per heavy atom. The van der Waals surface area contributed by atoms with Crippen molar-refractivity contribution in [3.63, 3.8) is 0 Å². The highest BCUT2D eigenvalue weighted by Gasteiger charge is 2.22. The molecule has 2 aromatic heterocycles. The molecule has 1 aliphatic rings. The molecule has 0 bridgehead atoms. The van der Waals surface area contributed by atoms with E-state index in [1.54, 1.807) is 11.8 Å². The molecule has 1 saturated heterocycles. The lowest BCUT2D eigenvalue weighted by Crippen LogP contribution is -2.49. The average Bonchev–Trinajstić information content (AvgIpc) is 3.17. The van der Waals surface area contributed by atoms with Gasteiger partial charge in [-0.2, -0.15) is 0 Å². The van der Waals surface area contributed by atoms with Crippen LogP contribution < -0.4 is 4.90 Å². The summed E-state index contributed by atoms with van der Waals surface area (Å²) >= 11 is 1.64. The number of thioether (sulfide) groups is 1. The van der Waals surface area contributed by atoms with Crippen molar-refractivity contribution in [3.05, 3.63) is 54.6 Å². The summed E-state index contributed by atoms with van der Waals surface area (Å²) in [7, 11) is 0. The van der Waals surface area contributed by atoms with Crippen molar-refractivity contribution in [3.8, 4) is 0 Å². The summed E-state index contributed by atoms with van der Waals surface area (Å²) < 4.78 is 0. The van der Waals surface area contributed by atoms with Crippen LogP contribution in [0.1, 0.15) is 18.0 Å². The third kappa shape index (κ3) is 4.08. The van der Waals surface area contributed by atoms with Gasteiger partial charge in [0.25, 0.3) is 0 Å². The van der Waals surface area contributed by atoms with Crippen LogP contribution in [0, 0.1) is 0 Å². The Morgan fingerprint density at radius 3 is 2.63 bits per heavy atom. The van der Waals surface area contributed by atoms with E-state index in [2.05, 4.69) is 26.8 Å². The van der Waals surface area contributed by atoms with E-state index in [0.29, 0.717) is 5.75 Å². The number of piperazine rings is 1. The van der Waals surface area contributed by atoms with E-state index in [4.69, 9.17) is 0 Å². The maximum atomic E-state index is 12.6. The van der Waals surface area contributed by atoms with Gasteiger partial charge in [-0.3, -0.25) is 9.78 Å². The van der Waals surface area contributed by atoms with Crippen LogP contribution in [0.4, 0.5) is 5.69 Å². The number of aromatic amines is 1. The van der Waals surface area contributed by atoms with Gasteiger partial charge < -0.3 is 14.8 Å². The zero-order valence-corrected chi connectivity index (χ0v) is 16.2. The zero-order chi connectivity index (χ0) is 18.6. The van der Waals surface area contributed by atoms with Gasteiger partial charge in [0.1, 0.15) is 5.82 Å². The fourth-order valence-corrected chi connectivity index (χ4v) is 4.15. The van der Waals surface area contributed by atoms with E-state index < -0.39 is 0 Å². The first-order valence-electron chi connectivity index (χ1n) is 9.20. The van der Waals surface area contributed by atoms with Crippen LogP contribution >= 0.6 is 11.8 Å². The number of anilines is 1. The van der Waals surface area contributed by atoms with Crippen molar-refractivity contribution in [2.24, 2.45) is 0 Å². The zero-order valence-electron chi connectivity index (χ0n) is 15.3. The standard InChI is InChI=1S/C20H23N5OS/c1-15(20-22-17-4-2-3-5-18(17)23-20)27-14-19(26)25-12-10-24(11-13-25)16-6-8-21-9-7-16/h2-9,15H,10-14H2,1H3,(H,22,23)/t15-/m1/s1. The quantitative estimate of drug-likeness (QED) is 0.736. The van der Waals surface area contributed by atoms with E-state index in [9.17, 15) is 4.79 Å². The number of pyridine rings is 1. The number of imidazole rings is 1. The molecule has 0 unspecified atom stereocenters. The number of benzene rings is 1. The first-order valence-corrected chi connectivity index (χ1v) is 10.2. The van der Waals surface area contributed by atoms with Gasteiger partial charge in [0, 0.05) is 44.3 Å². The van der Waals surface area contributed by atoms with Crippen molar-refractivity contribution in [1.29, 1.82) is 0 Å². The molecule has 27 heavy (non-hydrogen) atoms. The molecular weight excluding hydrogens is 358 g/mol. The van der Waals surface area contributed by atoms with Crippen LogP contribution in [0.2, 0.25) is 0 Å². The second kappa shape index (κ2) is 8.00. The molecule has 140 valence electrons. The second-order valence-corrected chi connectivity index (χ2v) is 7.99. The summed E-state index contributed by atoms with van der Waals surface area (Å²) in [6.07, 6.45) is 3.62. The van der Waals surface area contributed by atoms with Gasteiger partial charge in [0.15, 0.2) is 0 Å². The van der Waals surface area contributed by atoms with Crippen LogP contribution in [0.5, 0.6) is 0 Å². The molecule has 4 rings (SSSR count). The predicted octanol–water partition coefficient (Wildman–Crippen LogP) is 3.10. The SMILES string of the molecule is C[C@@H](SCC(=O)N1CCN(c2ccncc2)CC1)c1nc2ccccc2[nH]1. The number of H-pyrrole nitrogens is 1. The Hall–Kier alpha value is -2.54. The van der Waals surface area contributed by atoms with E-state index in [1.165, 1.54) is 5.69 Å². The molecule has 0 spiro atoms. The predicted molar refractivity (Wildman–Crippen MR) is 110 cm³/mol. The van der Waals surface area contributed by atoms with Gasteiger partial charge in [0.2, 0.25) is 5.91 Å². The summed E-state index contributed by atoms with van der Waals surface area (Å²) in [6, 6.07) is 12.0. The lowest BCUT2D eigenvalue weighted by atomic mass is 10.2. The number of carbonyl (C=O) groups is 1. The fourth-order valence-electron chi connectivity index (χ4n) is 3.30. The minimum absolute atomic E-state index is 0.152. The molecule has 0 aliphatic carbocycles. The van der Waals surface area contributed by atoms with Gasteiger partial charge in [-0.1, -0.05) is 12.1 Å². The maximum Gasteiger partial charge on any atom is 0.232 e. The number of fused-ring (bicyclic) bond motifs is 1. The molecule has 1 amide bonds. The number of para-hydroxylation sites is 2. The third-order valence-corrected chi connectivity index (χ3v) is 6.05. The number of hydrogen-bond donors (Lipinski definition) is 1. The van der Waals surface area contributed by atoms with Crippen LogP contribution in [0.25, 0.3) is 11.0 Å². The number of hydrogen-bond acceptors (Lipinski definition) is 5. The Morgan fingerprint density at radius 1 is 1.15 bits per heavy atom. The minimum atomic E-state index is 0.152. The first kappa shape index (κ1) is 17.9. The highest BCUT2D eigenvalue weighted by Crippen LogP contribution is 2.28. The molecule has 3 aromatic rings. The number of nitrogens with one attached hydrogen (secondary N) is 1. The average molecular weight is 382 g/mol. The van der Waals surface area contributed by atoms with Crippen molar-refractivity contribution in [2.45, 2.75) is 12.2 Å². The fraction of sp³-hybridized carbons (Fsp3) is 0.350. The molecule has 1 atom stereocenters. The van der Waals surface area contributed by atoms with Gasteiger partial charge in [-0.15, -0.1) is 11.8 Å². The van der Waals surface area contributed by atoms with Gasteiger partial charge >= 0.3 is 0 Å². The molecule has 7 heteroatoms. The highest BCUT2D eigenvalue weighted by molar-refractivity contribution is 8.00. The normalized spacial score (nSPS) is 15.9. The Balaban J connectivity index is 1.28. The number of rotatable bonds is 5. The molecule has 0 radical (unpaired) electrons. The second-order valence-electron chi connectivity index (χ2n) is 6.67. The number of carbonyl (C=O) groups excluding carboxylic acids is 1. The minimum Gasteiger partial charge on any atom is -0.368 e. The summed E-state index contributed by atoms with van der Waals surface area (Å²) in [5.41, 5.74) is 3.18. The highest BCUT2D eigenvalue weighted by atomic mass is 32.2. The Bertz CT molecular complexity index is 872. The number of aromatic nitrogens is 3. The topological polar surface area (TPSA) is 65.1 Å². The van der Waals surface area contributed by atoms with Gasteiger partial charge in [-0.05, 0) is 31.2 Å². The Kier molecular flexibility index (Phi) is 5.29. The molecule has 1 aromatic carbocycles. The molecule has 1 aliphatic heterocycles. The van der Waals surface area contributed by atoms with Gasteiger partial charge in [0.05, 0.1) is 22.0 Å². The number of nitrogens with zero attached hydrogens (tertiary/aromatic N) is 4. The van der Waals surface area contributed by atoms with Crippen LogP contribution in [0.3, 0.4) is 0 Å². The summed E-state index contributed by atoms with van der Waals surface area (Å²) in [6.45, 7) is 5.34. The first-order chi connectivity index (χ1) is 13.2. The molecular formula is C20H23N5OS. The largest absolute Gasteiger partial charge is 0.368 e. The van der Waals surface area contributed by atoms with Gasteiger partial charge in [-0.25, -0.2) is 4.98 Å². The van der Waals surface area contributed by atoms with Crippen molar-refractivity contribution in [2.75, 3.05) is 36.8 Å². The number of amides is 1. The van der Waals surface area contributed by atoms with E-state index in [-0.39, 0.29) is 11.2 Å². The summed E-state index contributed by atoms with van der Waals surface area (Å²) in [5.74, 6) is 1.61. The van der Waals surface area contributed by atoms with Crippen LogP contribution in [-0.2, 0) is 4.79 Å². The maximum absolute atomic E-state index is 12.6. The molecule has 6 nitrogen and oxygen atoms in total. The Labute approximate surface area is 163 Å². The van der Waals surface area contributed by atoms with Crippen LogP contribution in [0.15, 0.2) is 48.8 Å². The van der Waals surface area contributed by atoms with E-state index >= 15 is 0 Å². The lowest BCUT2D eigenvalue weighted by molar-refractivity contribution is -0.128. The smallest absolute Gasteiger partial charge is 0.232 e. The molecule has 0 saturated carbocycles. The van der Waals surface area contributed by atoms with Crippen molar-refractivity contribution in [1.82, 2.24) is 19.9 Å². The van der Waals surface area contributed by atoms with Crippen molar-refractivity contribution < 1.29 is 4.79 Å². The van der Waals surface area contributed by atoms with Crippen LogP contribution in [-0.4, -0.2) is 57.7 Å². The van der Waals surface area contributed by atoms with E-state index in [1.807, 2.05) is 53.7 Å². The monoisotopic (exact) mass is 381 g/mol. The lowest BCUT2D eigenvalue weighted by Gasteiger charge is -2.36. The molecule has 3 heterocycles. The third-order valence-electron chi connectivity index (χ3n) is 4.91. The van der Waals surface area contributed by atoms with Crippen molar-refractivity contribution >= 4 is 34.4 Å². The molecule has 1 fully saturated rings. The summed E-state index contributed by atoms with van der Waals surface area (Å²) in [5, 5.41) is 0.152. The van der Waals surface area contributed by atoms with E-state index in [0.717, 1.165) is 43.0 Å². The summed E-state index contributed by atoms with van der Waals surface area (Å²) in [4.78, 5) is 28.9. The molecule has 1 N–H and O–H groups in total.